The van der Waals surface area contributed by atoms with E-state index in [0.717, 1.165) is 16.6 Å². The summed E-state index contributed by atoms with van der Waals surface area (Å²) >= 11 is 9.47. The summed E-state index contributed by atoms with van der Waals surface area (Å²) in [4.78, 5) is 12.1. The standard InChI is InChI=1S/C14H20BrClN2O/c1-5-14(3,4)18-13(19)9(2)17-12-8-10(15)6-7-11(12)16/h6-9,17H,5H2,1-4H3,(H,18,19). The molecule has 0 aliphatic rings. The fourth-order valence-corrected chi connectivity index (χ4v) is 1.97. The molecular weight excluding hydrogens is 328 g/mol. The van der Waals surface area contributed by atoms with Gasteiger partial charge in [0.25, 0.3) is 0 Å². The van der Waals surface area contributed by atoms with Crippen molar-refractivity contribution in [3.8, 4) is 0 Å². The van der Waals surface area contributed by atoms with Crippen LogP contribution in [0.4, 0.5) is 5.69 Å². The topological polar surface area (TPSA) is 41.1 Å². The third-order valence-corrected chi connectivity index (χ3v) is 3.86. The first-order valence-electron chi connectivity index (χ1n) is 6.29. The average Bonchev–Trinajstić information content (AvgIpc) is 2.33. The van der Waals surface area contributed by atoms with E-state index in [-0.39, 0.29) is 17.5 Å². The molecule has 1 rings (SSSR count). The molecule has 1 atom stereocenters. The molecule has 3 nitrogen and oxygen atoms in total. The molecule has 0 aromatic heterocycles. The lowest BCUT2D eigenvalue weighted by Gasteiger charge is -2.27. The van der Waals surface area contributed by atoms with Gasteiger partial charge in [-0.05, 0) is 45.4 Å². The Labute approximate surface area is 128 Å². The van der Waals surface area contributed by atoms with Crippen LogP contribution in [0, 0.1) is 0 Å². The van der Waals surface area contributed by atoms with Crippen molar-refractivity contribution in [3.63, 3.8) is 0 Å². The van der Waals surface area contributed by atoms with Gasteiger partial charge in [-0.2, -0.15) is 0 Å². The van der Waals surface area contributed by atoms with Gasteiger partial charge in [-0.15, -0.1) is 0 Å². The smallest absolute Gasteiger partial charge is 0.242 e. The van der Waals surface area contributed by atoms with Crippen molar-refractivity contribution in [2.24, 2.45) is 0 Å². The minimum atomic E-state index is -0.349. The highest BCUT2D eigenvalue weighted by atomic mass is 79.9. The molecule has 5 heteroatoms. The summed E-state index contributed by atoms with van der Waals surface area (Å²) in [6.07, 6.45) is 0.878. The molecule has 19 heavy (non-hydrogen) atoms. The molecule has 1 amide bonds. The highest BCUT2D eigenvalue weighted by Gasteiger charge is 2.22. The van der Waals surface area contributed by atoms with Crippen molar-refractivity contribution in [1.29, 1.82) is 0 Å². The van der Waals surface area contributed by atoms with Crippen molar-refractivity contribution in [1.82, 2.24) is 5.32 Å². The summed E-state index contributed by atoms with van der Waals surface area (Å²) in [5.74, 6) is -0.0390. The lowest BCUT2D eigenvalue weighted by atomic mass is 10.0. The van der Waals surface area contributed by atoms with E-state index in [2.05, 4.69) is 26.6 Å². The number of carbonyl (C=O) groups excluding carboxylic acids is 1. The van der Waals surface area contributed by atoms with Crippen molar-refractivity contribution >= 4 is 39.1 Å². The maximum Gasteiger partial charge on any atom is 0.242 e. The number of amides is 1. The summed E-state index contributed by atoms with van der Waals surface area (Å²) in [6.45, 7) is 7.87. The van der Waals surface area contributed by atoms with Crippen LogP contribution in [0.5, 0.6) is 0 Å². The predicted octanol–water partition coefficient (Wildman–Crippen LogP) is 4.21. The molecule has 1 unspecified atom stereocenters. The maximum absolute atomic E-state index is 12.1. The highest BCUT2D eigenvalue weighted by Crippen LogP contribution is 2.26. The molecule has 0 bridgehead atoms. The second-order valence-electron chi connectivity index (χ2n) is 5.22. The van der Waals surface area contributed by atoms with Crippen LogP contribution in [0.1, 0.15) is 34.1 Å². The van der Waals surface area contributed by atoms with E-state index in [4.69, 9.17) is 11.6 Å². The molecule has 0 saturated heterocycles. The second-order valence-corrected chi connectivity index (χ2v) is 6.54. The normalized spacial score (nSPS) is 12.9. The molecule has 0 aliphatic heterocycles. The van der Waals surface area contributed by atoms with E-state index in [1.165, 1.54) is 0 Å². The Morgan fingerprint density at radius 3 is 2.68 bits per heavy atom. The molecule has 0 radical (unpaired) electrons. The lowest BCUT2D eigenvalue weighted by molar-refractivity contribution is -0.123. The quantitative estimate of drug-likeness (QED) is 0.838. The summed E-state index contributed by atoms with van der Waals surface area (Å²) in [5, 5.41) is 6.72. The van der Waals surface area contributed by atoms with Crippen LogP contribution in [0.3, 0.4) is 0 Å². The average molecular weight is 348 g/mol. The number of carbonyl (C=O) groups is 1. The van der Waals surface area contributed by atoms with Gasteiger partial charge in [-0.1, -0.05) is 34.5 Å². The molecule has 0 saturated carbocycles. The fourth-order valence-electron chi connectivity index (χ4n) is 1.44. The third kappa shape index (κ3) is 5.03. The van der Waals surface area contributed by atoms with Crippen molar-refractivity contribution in [3.05, 3.63) is 27.7 Å². The Balaban J connectivity index is 2.71. The van der Waals surface area contributed by atoms with Crippen LogP contribution in [-0.2, 0) is 4.79 Å². The third-order valence-electron chi connectivity index (χ3n) is 3.04. The van der Waals surface area contributed by atoms with Crippen molar-refractivity contribution < 1.29 is 4.79 Å². The van der Waals surface area contributed by atoms with Crippen LogP contribution in [0.15, 0.2) is 22.7 Å². The minimum absolute atomic E-state index is 0.0390. The first-order valence-corrected chi connectivity index (χ1v) is 7.46. The van der Waals surface area contributed by atoms with E-state index >= 15 is 0 Å². The molecular formula is C14H20BrClN2O. The van der Waals surface area contributed by atoms with E-state index in [1.54, 1.807) is 6.07 Å². The van der Waals surface area contributed by atoms with Gasteiger partial charge in [0.1, 0.15) is 6.04 Å². The molecule has 2 N–H and O–H groups in total. The zero-order valence-electron chi connectivity index (χ0n) is 11.7. The van der Waals surface area contributed by atoms with Gasteiger partial charge in [0.05, 0.1) is 10.7 Å². The number of anilines is 1. The van der Waals surface area contributed by atoms with Crippen molar-refractivity contribution in [2.75, 3.05) is 5.32 Å². The number of benzene rings is 1. The van der Waals surface area contributed by atoms with Gasteiger partial charge in [-0.25, -0.2) is 0 Å². The molecule has 0 aliphatic carbocycles. The molecule has 0 spiro atoms. The van der Waals surface area contributed by atoms with Crippen LogP contribution in [0.2, 0.25) is 5.02 Å². The summed E-state index contributed by atoms with van der Waals surface area (Å²) < 4.78 is 0.917. The highest BCUT2D eigenvalue weighted by molar-refractivity contribution is 9.10. The van der Waals surface area contributed by atoms with E-state index in [9.17, 15) is 4.79 Å². The number of hydrogen-bond acceptors (Lipinski definition) is 2. The van der Waals surface area contributed by atoms with Gasteiger partial charge in [0.15, 0.2) is 0 Å². The monoisotopic (exact) mass is 346 g/mol. The van der Waals surface area contributed by atoms with Gasteiger partial charge in [0, 0.05) is 10.0 Å². The molecule has 106 valence electrons. The number of halogens is 2. The fraction of sp³-hybridized carbons (Fsp3) is 0.500. The molecule has 1 aromatic rings. The van der Waals surface area contributed by atoms with E-state index in [1.807, 2.05) is 39.8 Å². The number of hydrogen-bond donors (Lipinski definition) is 2. The van der Waals surface area contributed by atoms with Crippen molar-refractivity contribution in [2.45, 2.75) is 45.7 Å². The molecule has 0 fully saturated rings. The van der Waals surface area contributed by atoms with Gasteiger partial charge >= 0.3 is 0 Å². The minimum Gasteiger partial charge on any atom is -0.373 e. The summed E-state index contributed by atoms with van der Waals surface area (Å²) in [5.41, 5.74) is 0.543. The number of rotatable bonds is 5. The number of nitrogens with one attached hydrogen (secondary N) is 2. The van der Waals surface area contributed by atoms with Gasteiger partial charge in [-0.3, -0.25) is 4.79 Å². The zero-order valence-corrected chi connectivity index (χ0v) is 14.0. The van der Waals surface area contributed by atoms with Crippen LogP contribution in [0.25, 0.3) is 0 Å². The van der Waals surface area contributed by atoms with Gasteiger partial charge < -0.3 is 10.6 Å². The Hall–Kier alpha value is -0.740. The SMILES string of the molecule is CCC(C)(C)NC(=O)C(C)Nc1cc(Br)ccc1Cl. The summed E-state index contributed by atoms with van der Waals surface area (Å²) in [6, 6.07) is 5.15. The maximum atomic E-state index is 12.1. The molecule has 0 heterocycles. The Bertz CT molecular complexity index is 463. The summed E-state index contributed by atoms with van der Waals surface area (Å²) in [7, 11) is 0. The van der Waals surface area contributed by atoms with E-state index < -0.39 is 0 Å². The molecule has 1 aromatic carbocycles. The zero-order chi connectivity index (χ0) is 14.6. The van der Waals surface area contributed by atoms with Gasteiger partial charge in [0.2, 0.25) is 5.91 Å². The Morgan fingerprint density at radius 1 is 1.47 bits per heavy atom. The van der Waals surface area contributed by atoms with Crippen LogP contribution in [-0.4, -0.2) is 17.5 Å². The lowest BCUT2D eigenvalue weighted by Crippen LogP contribution is -2.48. The first-order chi connectivity index (χ1) is 8.75. The first kappa shape index (κ1) is 16.3. The van der Waals surface area contributed by atoms with E-state index in [0.29, 0.717) is 5.02 Å². The van der Waals surface area contributed by atoms with Crippen LogP contribution >= 0.6 is 27.5 Å². The van der Waals surface area contributed by atoms with Crippen LogP contribution < -0.4 is 10.6 Å². The second kappa shape index (κ2) is 6.62. The largest absolute Gasteiger partial charge is 0.373 e. The Kier molecular flexibility index (Phi) is 5.68. The Morgan fingerprint density at radius 2 is 2.11 bits per heavy atom. The predicted molar refractivity (Wildman–Crippen MR) is 84.7 cm³/mol.